The number of halogens is 1. The van der Waals surface area contributed by atoms with Crippen LogP contribution in [0.25, 0.3) is 5.52 Å². The van der Waals surface area contributed by atoms with Gasteiger partial charge in [0.25, 0.3) is 0 Å². The number of nitrogens with zero attached hydrogens (tertiary/aromatic N) is 2. The Balaban J connectivity index is 2.18. The molecule has 0 radical (unpaired) electrons. The highest BCUT2D eigenvalue weighted by atomic mass is 79.9. The second-order valence-corrected chi connectivity index (χ2v) is 4.71. The maximum absolute atomic E-state index is 9.44. The van der Waals surface area contributed by atoms with Crippen molar-refractivity contribution in [1.82, 2.24) is 9.38 Å². The lowest BCUT2D eigenvalue weighted by Gasteiger charge is -2.06. The molecule has 1 saturated heterocycles. The van der Waals surface area contributed by atoms with Crippen LogP contribution in [0, 0.1) is 0 Å². The van der Waals surface area contributed by atoms with Crippen LogP contribution in [0.5, 0.6) is 5.75 Å². The second-order valence-electron chi connectivity index (χ2n) is 3.96. The molecule has 5 heteroatoms. The van der Waals surface area contributed by atoms with Gasteiger partial charge in [0.1, 0.15) is 16.2 Å². The Morgan fingerprint density at radius 3 is 3.19 bits per heavy atom. The van der Waals surface area contributed by atoms with Gasteiger partial charge >= 0.3 is 0 Å². The Hall–Kier alpha value is -1.07. The van der Waals surface area contributed by atoms with Gasteiger partial charge in [-0.1, -0.05) is 0 Å². The van der Waals surface area contributed by atoms with Crippen LogP contribution in [0.4, 0.5) is 0 Å². The molecule has 0 spiro atoms. The second kappa shape index (κ2) is 3.75. The van der Waals surface area contributed by atoms with E-state index in [1.165, 1.54) is 0 Å². The van der Waals surface area contributed by atoms with Crippen molar-refractivity contribution in [3.8, 4) is 5.75 Å². The monoisotopic (exact) mass is 282 g/mol. The van der Waals surface area contributed by atoms with Gasteiger partial charge in [0.05, 0.1) is 12.1 Å². The lowest BCUT2D eigenvalue weighted by Crippen LogP contribution is -2.03. The van der Waals surface area contributed by atoms with E-state index in [2.05, 4.69) is 20.9 Å². The minimum atomic E-state index is 0.252. The van der Waals surface area contributed by atoms with Crippen molar-refractivity contribution in [2.24, 2.45) is 0 Å². The molecule has 1 unspecified atom stereocenters. The van der Waals surface area contributed by atoms with Gasteiger partial charge in [-0.25, -0.2) is 4.98 Å². The molecule has 0 aromatic carbocycles. The van der Waals surface area contributed by atoms with Crippen LogP contribution in [0.3, 0.4) is 0 Å². The summed E-state index contributed by atoms with van der Waals surface area (Å²) in [6.07, 6.45) is 2.85. The molecule has 1 fully saturated rings. The highest BCUT2D eigenvalue weighted by Crippen LogP contribution is 2.30. The van der Waals surface area contributed by atoms with E-state index in [4.69, 9.17) is 4.74 Å². The smallest absolute Gasteiger partial charge is 0.132 e. The summed E-state index contributed by atoms with van der Waals surface area (Å²) in [6.45, 7) is 1.53. The molecule has 1 aliphatic rings. The molecule has 0 saturated carbocycles. The Morgan fingerprint density at radius 2 is 2.44 bits per heavy atom. The number of imidazole rings is 1. The van der Waals surface area contributed by atoms with Crippen molar-refractivity contribution >= 4 is 21.4 Å². The lowest BCUT2D eigenvalue weighted by atomic mass is 10.1. The van der Waals surface area contributed by atoms with Crippen LogP contribution in [0.15, 0.2) is 22.9 Å². The molecule has 0 bridgehead atoms. The SMILES string of the molecule is Oc1ccn2c(C3CCOC3)nc(Br)c2c1. The van der Waals surface area contributed by atoms with Gasteiger partial charge < -0.3 is 14.2 Å². The topological polar surface area (TPSA) is 46.8 Å². The standard InChI is InChI=1S/C11H11BrN2O2/c12-10-9-5-8(15)1-3-14(9)11(13-10)7-2-4-16-6-7/h1,3,5,7,15H,2,4,6H2. The van der Waals surface area contributed by atoms with E-state index < -0.39 is 0 Å². The molecule has 1 atom stereocenters. The molecular weight excluding hydrogens is 272 g/mol. The zero-order valence-electron chi connectivity index (χ0n) is 8.56. The average Bonchev–Trinajstić information content (AvgIpc) is 2.87. The van der Waals surface area contributed by atoms with Gasteiger partial charge in [-0.2, -0.15) is 0 Å². The van der Waals surface area contributed by atoms with Crippen molar-refractivity contribution in [2.45, 2.75) is 12.3 Å². The quantitative estimate of drug-likeness (QED) is 0.873. The number of aromatic nitrogens is 2. The third-order valence-corrected chi connectivity index (χ3v) is 3.49. The van der Waals surface area contributed by atoms with E-state index in [1.54, 1.807) is 12.1 Å². The van der Waals surface area contributed by atoms with Crippen molar-refractivity contribution < 1.29 is 9.84 Å². The van der Waals surface area contributed by atoms with Crippen molar-refractivity contribution in [1.29, 1.82) is 0 Å². The van der Waals surface area contributed by atoms with E-state index in [1.807, 2.05) is 10.6 Å². The predicted octanol–water partition coefficient (Wildman–Crippen LogP) is 2.31. The first-order chi connectivity index (χ1) is 7.75. The number of ether oxygens (including phenoxy) is 1. The molecule has 1 N–H and O–H groups in total. The summed E-state index contributed by atoms with van der Waals surface area (Å²) in [4.78, 5) is 4.50. The van der Waals surface area contributed by atoms with Crippen molar-refractivity contribution in [3.05, 3.63) is 28.8 Å². The summed E-state index contributed by atoms with van der Waals surface area (Å²) in [5.41, 5.74) is 0.891. The first-order valence-electron chi connectivity index (χ1n) is 5.20. The molecule has 84 valence electrons. The summed E-state index contributed by atoms with van der Waals surface area (Å²) >= 11 is 3.42. The highest BCUT2D eigenvalue weighted by molar-refractivity contribution is 9.10. The fourth-order valence-electron chi connectivity index (χ4n) is 2.09. The maximum atomic E-state index is 9.44. The maximum Gasteiger partial charge on any atom is 0.132 e. The van der Waals surface area contributed by atoms with Crippen LogP contribution in [0.2, 0.25) is 0 Å². The Morgan fingerprint density at radius 1 is 1.56 bits per heavy atom. The predicted molar refractivity (Wildman–Crippen MR) is 62.7 cm³/mol. The summed E-state index contributed by atoms with van der Waals surface area (Å²) in [5, 5.41) is 9.44. The molecule has 3 rings (SSSR count). The minimum absolute atomic E-state index is 0.252. The van der Waals surface area contributed by atoms with E-state index in [-0.39, 0.29) is 5.75 Å². The normalized spacial score (nSPS) is 20.7. The third kappa shape index (κ3) is 1.51. The lowest BCUT2D eigenvalue weighted by molar-refractivity contribution is 0.193. The Kier molecular flexibility index (Phi) is 2.37. The average molecular weight is 283 g/mol. The van der Waals surface area contributed by atoms with E-state index in [9.17, 15) is 5.11 Å². The van der Waals surface area contributed by atoms with Gasteiger partial charge in [0.15, 0.2) is 0 Å². The molecule has 2 aromatic rings. The fraction of sp³-hybridized carbons (Fsp3) is 0.364. The van der Waals surface area contributed by atoms with Gasteiger partial charge in [0, 0.05) is 24.8 Å². The van der Waals surface area contributed by atoms with Crippen molar-refractivity contribution in [3.63, 3.8) is 0 Å². The first-order valence-corrected chi connectivity index (χ1v) is 5.99. The molecule has 0 aliphatic carbocycles. The van der Waals surface area contributed by atoms with Crippen LogP contribution in [-0.2, 0) is 4.74 Å². The fourth-order valence-corrected chi connectivity index (χ4v) is 2.57. The number of pyridine rings is 1. The van der Waals surface area contributed by atoms with E-state index in [0.717, 1.165) is 35.6 Å². The van der Waals surface area contributed by atoms with Gasteiger partial charge in [-0.15, -0.1) is 0 Å². The molecule has 0 amide bonds. The van der Waals surface area contributed by atoms with Gasteiger partial charge in [0.2, 0.25) is 0 Å². The minimum Gasteiger partial charge on any atom is -0.508 e. The first kappa shape index (κ1) is 10.1. The van der Waals surface area contributed by atoms with Gasteiger partial charge in [-0.05, 0) is 28.4 Å². The number of fused-ring (bicyclic) bond motifs is 1. The summed E-state index contributed by atoms with van der Waals surface area (Å²) in [5.74, 6) is 1.60. The van der Waals surface area contributed by atoms with E-state index >= 15 is 0 Å². The largest absolute Gasteiger partial charge is 0.508 e. The van der Waals surface area contributed by atoms with Crippen LogP contribution < -0.4 is 0 Å². The molecule has 3 heterocycles. The number of aromatic hydroxyl groups is 1. The van der Waals surface area contributed by atoms with E-state index in [0.29, 0.717) is 5.92 Å². The molecule has 2 aromatic heterocycles. The molecular formula is C11H11BrN2O2. The number of rotatable bonds is 1. The van der Waals surface area contributed by atoms with Crippen LogP contribution in [-0.4, -0.2) is 27.7 Å². The number of hydrogen-bond acceptors (Lipinski definition) is 3. The Bertz CT molecular complexity index is 532. The third-order valence-electron chi connectivity index (χ3n) is 2.90. The van der Waals surface area contributed by atoms with Crippen molar-refractivity contribution in [2.75, 3.05) is 13.2 Å². The number of hydrogen-bond donors (Lipinski definition) is 1. The van der Waals surface area contributed by atoms with Crippen LogP contribution >= 0.6 is 15.9 Å². The molecule has 4 nitrogen and oxygen atoms in total. The summed E-state index contributed by atoms with van der Waals surface area (Å²) in [7, 11) is 0. The zero-order valence-corrected chi connectivity index (χ0v) is 10.1. The van der Waals surface area contributed by atoms with Gasteiger partial charge in [-0.3, -0.25) is 0 Å². The summed E-state index contributed by atoms with van der Waals surface area (Å²) < 4.78 is 8.15. The molecule has 1 aliphatic heterocycles. The van der Waals surface area contributed by atoms with Crippen LogP contribution in [0.1, 0.15) is 18.2 Å². The zero-order chi connectivity index (χ0) is 11.1. The Labute approximate surface area is 101 Å². The summed E-state index contributed by atoms with van der Waals surface area (Å²) in [6, 6.07) is 3.37. The highest BCUT2D eigenvalue weighted by Gasteiger charge is 2.23. The molecule has 16 heavy (non-hydrogen) atoms.